The summed E-state index contributed by atoms with van der Waals surface area (Å²) in [6.07, 6.45) is 8.62. The van der Waals surface area contributed by atoms with Crippen molar-refractivity contribution in [2.24, 2.45) is 5.92 Å². The molecule has 2 rings (SSSR count). The van der Waals surface area contributed by atoms with E-state index in [0.29, 0.717) is 5.92 Å². The van der Waals surface area contributed by atoms with E-state index in [1.807, 2.05) is 12.4 Å². The van der Waals surface area contributed by atoms with Gasteiger partial charge in [-0.15, -0.1) is 0 Å². The number of allylic oxidation sites excluding steroid dienone is 2. The molecule has 68 valence electrons. The van der Waals surface area contributed by atoms with Gasteiger partial charge in [-0.25, -0.2) is 0 Å². The minimum absolute atomic E-state index is 0.640. The van der Waals surface area contributed by atoms with Crippen LogP contribution in [-0.2, 0) is 6.42 Å². The highest BCUT2D eigenvalue weighted by Gasteiger charge is 2.15. The first-order chi connectivity index (χ1) is 6.27. The van der Waals surface area contributed by atoms with Gasteiger partial charge in [-0.3, -0.25) is 4.98 Å². The van der Waals surface area contributed by atoms with Crippen molar-refractivity contribution in [2.75, 3.05) is 0 Å². The van der Waals surface area contributed by atoms with Crippen molar-refractivity contribution >= 4 is 5.57 Å². The number of nitrogens with zero attached hydrogens (tertiary/aromatic N) is 1. The van der Waals surface area contributed by atoms with Crippen molar-refractivity contribution < 1.29 is 0 Å². The van der Waals surface area contributed by atoms with Crippen LogP contribution in [0.4, 0.5) is 0 Å². The summed E-state index contributed by atoms with van der Waals surface area (Å²) in [4.78, 5) is 4.17. The number of fused-ring (bicyclic) bond motifs is 1. The Bertz CT molecular complexity index is 337. The molecule has 1 aliphatic rings. The average Bonchev–Trinajstić information content (AvgIpc) is 2.48. The van der Waals surface area contributed by atoms with E-state index in [4.69, 9.17) is 0 Å². The van der Waals surface area contributed by atoms with E-state index in [0.717, 1.165) is 0 Å². The number of pyridine rings is 1. The lowest BCUT2D eigenvalue weighted by atomic mass is 10.1. The largest absolute Gasteiger partial charge is 0.264 e. The molecule has 0 atom stereocenters. The summed E-state index contributed by atoms with van der Waals surface area (Å²) in [5, 5.41) is 0. The lowest BCUT2D eigenvalue weighted by molar-refractivity contribution is 0.830. The number of aromatic nitrogens is 1. The maximum absolute atomic E-state index is 4.17. The van der Waals surface area contributed by atoms with E-state index < -0.39 is 0 Å². The molecule has 1 heteroatoms. The van der Waals surface area contributed by atoms with E-state index in [9.17, 15) is 0 Å². The lowest BCUT2D eigenvalue weighted by Gasteiger charge is -2.01. The summed E-state index contributed by atoms with van der Waals surface area (Å²) in [7, 11) is 0. The second kappa shape index (κ2) is 3.33. The molecule has 1 aliphatic carbocycles. The fourth-order valence-corrected chi connectivity index (χ4v) is 1.91. The Labute approximate surface area is 79.5 Å². The van der Waals surface area contributed by atoms with Gasteiger partial charge < -0.3 is 0 Å². The van der Waals surface area contributed by atoms with Crippen LogP contribution in [0.15, 0.2) is 24.5 Å². The topological polar surface area (TPSA) is 12.9 Å². The molecule has 13 heavy (non-hydrogen) atoms. The zero-order valence-corrected chi connectivity index (χ0v) is 8.25. The Morgan fingerprint density at radius 3 is 3.00 bits per heavy atom. The van der Waals surface area contributed by atoms with E-state index in [2.05, 4.69) is 31.0 Å². The van der Waals surface area contributed by atoms with Crippen LogP contribution >= 0.6 is 0 Å². The zero-order valence-electron chi connectivity index (χ0n) is 8.25. The second-order valence-corrected chi connectivity index (χ2v) is 3.97. The SMILES string of the molecule is CC(C)/C=C1\CCc2ccncc21. The highest BCUT2D eigenvalue weighted by Crippen LogP contribution is 2.31. The smallest absolute Gasteiger partial charge is 0.0345 e. The molecule has 0 N–H and O–H groups in total. The molecule has 1 aromatic rings. The highest BCUT2D eigenvalue weighted by molar-refractivity contribution is 5.71. The molecule has 0 amide bonds. The van der Waals surface area contributed by atoms with Crippen LogP contribution in [0.3, 0.4) is 0 Å². The third-order valence-corrected chi connectivity index (χ3v) is 2.46. The first-order valence-corrected chi connectivity index (χ1v) is 4.91. The van der Waals surface area contributed by atoms with Crippen molar-refractivity contribution in [1.82, 2.24) is 4.98 Å². The highest BCUT2D eigenvalue weighted by atomic mass is 14.6. The minimum atomic E-state index is 0.640. The Kier molecular flexibility index (Phi) is 2.17. The molecule has 0 aliphatic heterocycles. The molecular formula is C12H15N. The van der Waals surface area contributed by atoms with Gasteiger partial charge in [-0.1, -0.05) is 19.9 Å². The van der Waals surface area contributed by atoms with E-state index in [-0.39, 0.29) is 0 Å². The molecule has 0 aromatic carbocycles. The third-order valence-electron chi connectivity index (χ3n) is 2.46. The summed E-state index contributed by atoms with van der Waals surface area (Å²) >= 11 is 0. The van der Waals surface area contributed by atoms with E-state index >= 15 is 0 Å². The third kappa shape index (κ3) is 1.64. The van der Waals surface area contributed by atoms with Crippen molar-refractivity contribution in [3.63, 3.8) is 0 Å². The van der Waals surface area contributed by atoms with Gasteiger partial charge in [0.2, 0.25) is 0 Å². The Balaban J connectivity index is 2.38. The molecule has 1 heterocycles. The van der Waals surface area contributed by atoms with Crippen LogP contribution < -0.4 is 0 Å². The maximum Gasteiger partial charge on any atom is 0.0345 e. The quantitative estimate of drug-likeness (QED) is 0.636. The predicted octanol–water partition coefficient (Wildman–Crippen LogP) is 3.07. The average molecular weight is 173 g/mol. The van der Waals surface area contributed by atoms with Gasteiger partial charge in [0.25, 0.3) is 0 Å². The molecule has 0 unspecified atom stereocenters. The second-order valence-electron chi connectivity index (χ2n) is 3.97. The van der Waals surface area contributed by atoms with Gasteiger partial charge in [-0.05, 0) is 41.5 Å². The summed E-state index contributed by atoms with van der Waals surface area (Å²) in [5.74, 6) is 0.640. The van der Waals surface area contributed by atoms with Gasteiger partial charge in [-0.2, -0.15) is 0 Å². The van der Waals surface area contributed by atoms with E-state index in [1.165, 1.54) is 29.5 Å². The molecule has 1 aromatic heterocycles. The van der Waals surface area contributed by atoms with Crippen LogP contribution in [0.25, 0.3) is 5.57 Å². The van der Waals surface area contributed by atoms with Gasteiger partial charge >= 0.3 is 0 Å². The fraction of sp³-hybridized carbons (Fsp3) is 0.417. The molecule has 0 fully saturated rings. The molecule has 1 nitrogen and oxygen atoms in total. The van der Waals surface area contributed by atoms with Crippen molar-refractivity contribution in [1.29, 1.82) is 0 Å². The van der Waals surface area contributed by atoms with Gasteiger partial charge in [0, 0.05) is 12.4 Å². The molecule has 0 spiro atoms. The molecular weight excluding hydrogens is 158 g/mol. The van der Waals surface area contributed by atoms with Crippen molar-refractivity contribution in [3.05, 3.63) is 35.7 Å². The van der Waals surface area contributed by atoms with Crippen LogP contribution in [0.1, 0.15) is 31.4 Å². The summed E-state index contributed by atoms with van der Waals surface area (Å²) in [6, 6.07) is 2.14. The Hall–Kier alpha value is -1.11. The lowest BCUT2D eigenvalue weighted by Crippen LogP contribution is -1.85. The van der Waals surface area contributed by atoms with Crippen LogP contribution in [-0.4, -0.2) is 4.98 Å². The number of hydrogen-bond acceptors (Lipinski definition) is 1. The summed E-state index contributed by atoms with van der Waals surface area (Å²) in [6.45, 7) is 4.45. The molecule has 0 saturated carbocycles. The normalized spacial score (nSPS) is 18.2. The Morgan fingerprint density at radius 1 is 1.38 bits per heavy atom. The van der Waals surface area contributed by atoms with Crippen molar-refractivity contribution in [3.8, 4) is 0 Å². The molecule has 0 bridgehead atoms. The fourth-order valence-electron chi connectivity index (χ4n) is 1.91. The first-order valence-electron chi connectivity index (χ1n) is 4.91. The molecule has 0 radical (unpaired) electrons. The van der Waals surface area contributed by atoms with Crippen LogP contribution in [0, 0.1) is 5.92 Å². The molecule has 0 saturated heterocycles. The van der Waals surface area contributed by atoms with Gasteiger partial charge in [0.1, 0.15) is 0 Å². The summed E-state index contributed by atoms with van der Waals surface area (Å²) < 4.78 is 0. The first kappa shape index (κ1) is 8.49. The number of hydrogen-bond donors (Lipinski definition) is 0. The maximum atomic E-state index is 4.17. The van der Waals surface area contributed by atoms with Gasteiger partial charge in [0.15, 0.2) is 0 Å². The monoisotopic (exact) mass is 173 g/mol. The summed E-state index contributed by atoms with van der Waals surface area (Å²) in [5.41, 5.74) is 4.32. The van der Waals surface area contributed by atoms with Gasteiger partial charge in [0.05, 0.1) is 0 Å². The van der Waals surface area contributed by atoms with Crippen LogP contribution in [0.5, 0.6) is 0 Å². The van der Waals surface area contributed by atoms with Crippen LogP contribution in [0.2, 0.25) is 0 Å². The van der Waals surface area contributed by atoms with E-state index in [1.54, 1.807) is 0 Å². The van der Waals surface area contributed by atoms with Crippen molar-refractivity contribution in [2.45, 2.75) is 26.7 Å². The standard InChI is InChI=1S/C12H15N/c1-9(2)7-11-4-3-10-5-6-13-8-12(10)11/h5-9H,3-4H2,1-2H3/b11-7+. The minimum Gasteiger partial charge on any atom is -0.264 e. The number of rotatable bonds is 1. The predicted molar refractivity (Wildman–Crippen MR) is 55.4 cm³/mol. The zero-order chi connectivity index (χ0) is 9.26. The number of aryl methyl sites for hydroxylation is 1. The Morgan fingerprint density at radius 2 is 2.23 bits per heavy atom.